The van der Waals surface area contributed by atoms with Crippen molar-refractivity contribution in [3.8, 4) is 0 Å². The van der Waals surface area contributed by atoms with Gasteiger partial charge in [0.05, 0.1) is 13.2 Å². The number of hydrogen-bond acceptors (Lipinski definition) is 4. The predicted molar refractivity (Wildman–Crippen MR) is 29.5 cm³/mol. The van der Waals surface area contributed by atoms with Crippen molar-refractivity contribution in [1.29, 1.82) is 0 Å². The van der Waals surface area contributed by atoms with E-state index in [1.807, 2.05) is 0 Å². The smallest absolute Gasteiger partial charge is 0.289 e. The van der Waals surface area contributed by atoms with Gasteiger partial charge >= 0.3 is 16.8 Å². The van der Waals surface area contributed by atoms with Gasteiger partial charge in [-0.15, -0.1) is 13.2 Å². The third-order valence-electron chi connectivity index (χ3n) is 0.581. The highest BCUT2D eigenvalue weighted by atomic mass is 32.3. The van der Waals surface area contributed by atoms with E-state index in [0.29, 0.717) is 0 Å². The fraction of sp³-hybridized carbons (Fsp3) is 1.00. The van der Waals surface area contributed by atoms with E-state index in [1.165, 1.54) is 0 Å². The molecule has 0 atom stereocenters. The molecule has 0 heterocycles. The van der Waals surface area contributed by atoms with E-state index in [2.05, 4.69) is 8.92 Å². The van der Waals surface area contributed by atoms with Crippen LogP contribution in [0.15, 0.2) is 0 Å². The van der Waals surface area contributed by atoms with E-state index >= 15 is 0 Å². The Morgan fingerprint density at radius 1 is 1.25 bits per heavy atom. The molecular weight excluding hydrogens is 205 g/mol. The summed E-state index contributed by atoms with van der Waals surface area (Å²) in [6, 6.07) is 0. The summed E-state index contributed by atoms with van der Waals surface area (Å²) in [5.41, 5.74) is 0. The zero-order valence-corrected chi connectivity index (χ0v) is 6.35. The predicted octanol–water partition coefficient (Wildman–Crippen LogP) is 0.342. The molecule has 0 amide bonds. The van der Waals surface area contributed by atoms with Crippen molar-refractivity contribution in [1.82, 2.24) is 0 Å². The maximum absolute atomic E-state index is 11.2. The molecule has 1 N–H and O–H groups in total. The Morgan fingerprint density at radius 2 is 1.75 bits per heavy atom. The zero-order chi connectivity index (χ0) is 9.83. The highest BCUT2D eigenvalue weighted by molar-refractivity contribution is 7.80. The molecule has 74 valence electrons. The quantitative estimate of drug-likeness (QED) is 0.535. The molecule has 0 aromatic heterocycles. The van der Waals surface area contributed by atoms with Crippen molar-refractivity contribution >= 4 is 10.4 Å². The van der Waals surface area contributed by atoms with Crippen molar-refractivity contribution in [2.24, 2.45) is 0 Å². The average Bonchev–Trinajstić information content (AvgIpc) is 1.76. The second-order valence-corrected chi connectivity index (χ2v) is 2.64. The summed E-state index contributed by atoms with van der Waals surface area (Å²) in [7, 11) is -4.69. The highest BCUT2D eigenvalue weighted by Gasteiger charge is 2.28. The van der Waals surface area contributed by atoms with Crippen LogP contribution in [0.1, 0.15) is 0 Å². The normalized spacial score (nSPS) is 13.3. The Kier molecular flexibility index (Phi) is 3.90. The molecule has 0 spiro atoms. The molecule has 0 aromatic rings. The van der Waals surface area contributed by atoms with E-state index in [1.54, 1.807) is 0 Å². The Balaban J connectivity index is 3.48. The molecule has 0 unspecified atom stereocenters. The molecule has 0 saturated carbocycles. The minimum absolute atomic E-state index is 0.891. The standard InChI is InChI=1S/C3H5F3O5S/c4-3(5,6)10-1-2-11-12(7,8)9/h1-2H2,(H,7,8,9). The van der Waals surface area contributed by atoms with Gasteiger partial charge in [0.15, 0.2) is 0 Å². The molecule has 0 saturated heterocycles. The van der Waals surface area contributed by atoms with Crippen LogP contribution in [0.3, 0.4) is 0 Å². The molecule has 0 aliphatic rings. The molecule has 5 nitrogen and oxygen atoms in total. The zero-order valence-electron chi connectivity index (χ0n) is 5.54. The lowest BCUT2D eigenvalue weighted by molar-refractivity contribution is -0.325. The van der Waals surface area contributed by atoms with Crippen molar-refractivity contribution in [3.05, 3.63) is 0 Å². The first-order chi connectivity index (χ1) is 5.21. The van der Waals surface area contributed by atoms with Crippen molar-refractivity contribution in [2.45, 2.75) is 6.36 Å². The Morgan fingerprint density at radius 3 is 2.08 bits per heavy atom. The number of halogens is 3. The van der Waals surface area contributed by atoms with Crippen molar-refractivity contribution in [2.75, 3.05) is 13.2 Å². The maximum Gasteiger partial charge on any atom is 0.522 e. The Labute approximate surface area is 66.0 Å². The molecule has 12 heavy (non-hydrogen) atoms. The highest BCUT2D eigenvalue weighted by Crippen LogP contribution is 2.15. The van der Waals surface area contributed by atoms with Gasteiger partial charge in [0, 0.05) is 0 Å². The summed E-state index contributed by atoms with van der Waals surface area (Å²) in [5.74, 6) is 0. The Hall–Kier alpha value is -0.380. The molecular formula is C3H5F3O5S. The van der Waals surface area contributed by atoms with Gasteiger partial charge in [0.25, 0.3) is 0 Å². The summed E-state index contributed by atoms with van der Waals surface area (Å²) in [6.07, 6.45) is -4.83. The SMILES string of the molecule is O=S(=O)(O)OCCOC(F)(F)F. The van der Waals surface area contributed by atoms with E-state index in [9.17, 15) is 21.6 Å². The summed E-state index contributed by atoms with van der Waals surface area (Å²) in [4.78, 5) is 0. The fourth-order valence-corrected chi connectivity index (χ4v) is 0.575. The lowest BCUT2D eigenvalue weighted by atomic mass is 10.8. The van der Waals surface area contributed by atoms with Gasteiger partial charge in [0.1, 0.15) is 0 Å². The largest absolute Gasteiger partial charge is 0.522 e. The lowest BCUT2D eigenvalue weighted by Crippen LogP contribution is -2.18. The molecule has 0 aliphatic heterocycles. The van der Waals surface area contributed by atoms with Crippen LogP contribution in [0.5, 0.6) is 0 Å². The first-order valence-electron chi connectivity index (χ1n) is 2.53. The maximum atomic E-state index is 11.2. The van der Waals surface area contributed by atoms with E-state index in [4.69, 9.17) is 4.55 Å². The van der Waals surface area contributed by atoms with Gasteiger partial charge in [-0.05, 0) is 0 Å². The van der Waals surface area contributed by atoms with Gasteiger partial charge < -0.3 is 0 Å². The third kappa shape index (κ3) is 9.62. The Bertz CT molecular complexity index is 219. The number of ether oxygens (including phenoxy) is 1. The van der Waals surface area contributed by atoms with Crippen LogP contribution in [-0.2, 0) is 19.3 Å². The van der Waals surface area contributed by atoms with Gasteiger partial charge in [-0.25, -0.2) is 4.18 Å². The molecule has 0 radical (unpaired) electrons. The molecule has 0 aliphatic carbocycles. The van der Waals surface area contributed by atoms with Crippen LogP contribution in [-0.4, -0.2) is 32.5 Å². The number of hydrogen-bond donors (Lipinski definition) is 1. The monoisotopic (exact) mass is 210 g/mol. The molecule has 0 fully saturated rings. The van der Waals surface area contributed by atoms with Crippen LogP contribution >= 0.6 is 0 Å². The number of alkyl halides is 3. The lowest BCUT2D eigenvalue weighted by Gasteiger charge is -2.05. The summed E-state index contributed by atoms with van der Waals surface area (Å²) < 4.78 is 67.6. The van der Waals surface area contributed by atoms with Crippen LogP contribution in [0.4, 0.5) is 13.2 Å². The van der Waals surface area contributed by atoms with E-state index in [0.717, 1.165) is 0 Å². The van der Waals surface area contributed by atoms with Crippen LogP contribution in [0.2, 0.25) is 0 Å². The van der Waals surface area contributed by atoms with Gasteiger partial charge in [-0.1, -0.05) is 0 Å². The van der Waals surface area contributed by atoms with Crippen LogP contribution < -0.4 is 0 Å². The van der Waals surface area contributed by atoms with Crippen LogP contribution in [0, 0.1) is 0 Å². The van der Waals surface area contributed by atoms with Gasteiger partial charge in [-0.3, -0.25) is 9.29 Å². The van der Waals surface area contributed by atoms with Gasteiger partial charge in [-0.2, -0.15) is 8.42 Å². The first-order valence-corrected chi connectivity index (χ1v) is 3.90. The van der Waals surface area contributed by atoms with E-state index < -0.39 is 30.0 Å². The molecule has 0 aromatic carbocycles. The summed E-state index contributed by atoms with van der Waals surface area (Å²) >= 11 is 0. The van der Waals surface area contributed by atoms with E-state index in [-0.39, 0.29) is 0 Å². The number of rotatable bonds is 4. The molecule has 0 bridgehead atoms. The second kappa shape index (κ2) is 4.03. The van der Waals surface area contributed by atoms with Gasteiger partial charge in [0.2, 0.25) is 0 Å². The average molecular weight is 210 g/mol. The molecule has 0 rings (SSSR count). The third-order valence-corrected chi connectivity index (χ3v) is 1.05. The minimum atomic E-state index is -4.83. The molecule has 9 heteroatoms. The van der Waals surface area contributed by atoms with Crippen molar-refractivity contribution in [3.63, 3.8) is 0 Å². The van der Waals surface area contributed by atoms with Crippen LogP contribution in [0.25, 0.3) is 0 Å². The summed E-state index contributed by atoms with van der Waals surface area (Å²) in [6.45, 7) is -1.89. The summed E-state index contributed by atoms with van der Waals surface area (Å²) in [5, 5.41) is 0. The van der Waals surface area contributed by atoms with Crippen molar-refractivity contribution < 1.29 is 35.1 Å². The minimum Gasteiger partial charge on any atom is -0.289 e. The fourth-order valence-electron chi connectivity index (χ4n) is 0.297. The second-order valence-electron chi connectivity index (χ2n) is 1.54. The topological polar surface area (TPSA) is 72.8 Å². The first kappa shape index (κ1) is 11.6.